The molecule has 16 heavy (non-hydrogen) atoms. The van der Waals surface area contributed by atoms with E-state index in [9.17, 15) is 0 Å². The van der Waals surface area contributed by atoms with Crippen LogP contribution in [0.5, 0.6) is 0 Å². The van der Waals surface area contributed by atoms with Crippen molar-refractivity contribution in [3.63, 3.8) is 0 Å². The molecule has 0 saturated heterocycles. The summed E-state index contributed by atoms with van der Waals surface area (Å²) in [5, 5.41) is 0. The summed E-state index contributed by atoms with van der Waals surface area (Å²) in [6, 6.07) is 4.45. The molecule has 3 unspecified atom stereocenters. The summed E-state index contributed by atoms with van der Waals surface area (Å²) in [6.07, 6.45) is 2.83. The number of nitrogens with zero attached hydrogens (tertiary/aromatic N) is 1. The first-order valence-corrected chi connectivity index (χ1v) is 6.33. The molecule has 0 amide bonds. The van der Waals surface area contributed by atoms with E-state index in [-0.39, 0.29) is 0 Å². The fourth-order valence-electron chi connectivity index (χ4n) is 3.97. The minimum absolute atomic E-state index is 0.785. The van der Waals surface area contributed by atoms with E-state index >= 15 is 0 Å². The number of nitrogen functional groups attached to an aromatic ring is 1. The van der Waals surface area contributed by atoms with Crippen LogP contribution in [0.1, 0.15) is 41.4 Å². The number of anilines is 1. The zero-order valence-corrected chi connectivity index (χ0v) is 9.74. The molecule has 0 radical (unpaired) electrons. The van der Waals surface area contributed by atoms with E-state index in [4.69, 9.17) is 5.73 Å². The second-order valence-corrected chi connectivity index (χ2v) is 5.91. The van der Waals surface area contributed by atoms with Crippen LogP contribution >= 0.6 is 0 Å². The zero-order valence-electron chi connectivity index (χ0n) is 9.74. The molecule has 0 spiro atoms. The van der Waals surface area contributed by atoms with Crippen molar-refractivity contribution in [2.45, 2.75) is 31.2 Å². The molecule has 1 heterocycles. The quantitative estimate of drug-likeness (QED) is 0.671. The SMILES string of the molecule is CN1Cc2cc(N)cc3c2C(CC2CC32)C1. The van der Waals surface area contributed by atoms with Crippen molar-refractivity contribution in [1.82, 2.24) is 4.90 Å². The maximum absolute atomic E-state index is 6.04. The predicted octanol–water partition coefficient (Wildman–Crippen LogP) is 2.31. The number of rotatable bonds is 0. The average Bonchev–Trinajstić information content (AvgIpc) is 2.95. The summed E-state index contributed by atoms with van der Waals surface area (Å²) in [5.74, 6) is 2.61. The molecule has 1 fully saturated rings. The van der Waals surface area contributed by atoms with Gasteiger partial charge in [0.1, 0.15) is 0 Å². The third kappa shape index (κ3) is 1.11. The number of benzene rings is 1. The number of nitrogens with two attached hydrogens (primary N) is 1. The van der Waals surface area contributed by atoms with Crippen LogP contribution < -0.4 is 5.73 Å². The average molecular weight is 214 g/mol. The van der Waals surface area contributed by atoms with Crippen molar-refractivity contribution in [2.24, 2.45) is 5.92 Å². The standard InChI is InChI=1S/C14H18N2/c1-16-6-9-2-8-4-12(8)13-5-11(15)3-10(7-16)14(9)13/h3,5,8-9,12H,2,4,6-7,15H2,1H3. The molecule has 1 aliphatic heterocycles. The number of likely N-dealkylation sites (N-methyl/N-ethyl adjacent to an activating group) is 1. The molecule has 0 bridgehead atoms. The van der Waals surface area contributed by atoms with Gasteiger partial charge in [0.05, 0.1) is 0 Å². The summed E-state index contributed by atoms with van der Waals surface area (Å²) in [4.78, 5) is 2.44. The molecule has 2 aliphatic carbocycles. The van der Waals surface area contributed by atoms with Crippen LogP contribution in [0.2, 0.25) is 0 Å². The van der Waals surface area contributed by atoms with Gasteiger partial charge in [0, 0.05) is 18.8 Å². The Bertz CT molecular complexity index is 462. The first-order chi connectivity index (χ1) is 7.72. The van der Waals surface area contributed by atoms with E-state index in [1.54, 1.807) is 11.1 Å². The highest BCUT2D eigenvalue weighted by Gasteiger charge is 2.47. The second kappa shape index (κ2) is 2.80. The van der Waals surface area contributed by atoms with Crippen molar-refractivity contribution < 1.29 is 0 Å². The van der Waals surface area contributed by atoms with Crippen LogP contribution in [-0.2, 0) is 6.54 Å². The van der Waals surface area contributed by atoms with Gasteiger partial charge in [-0.25, -0.2) is 0 Å². The molecule has 84 valence electrons. The second-order valence-electron chi connectivity index (χ2n) is 5.91. The maximum atomic E-state index is 6.04. The molecule has 0 aromatic heterocycles. The smallest absolute Gasteiger partial charge is 0.0320 e. The highest BCUT2D eigenvalue weighted by atomic mass is 15.1. The van der Waals surface area contributed by atoms with Gasteiger partial charge >= 0.3 is 0 Å². The van der Waals surface area contributed by atoms with Crippen molar-refractivity contribution >= 4 is 5.69 Å². The van der Waals surface area contributed by atoms with Crippen LogP contribution in [0.15, 0.2) is 12.1 Å². The van der Waals surface area contributed by atoms with Crippen molar-refractivity contribution in [2.75, 3.05) is 19.3 Å². The molecule has 1 aromatic rings. The van der Waals surface area contributed by atoms with Crippen LogP contribution in [0, 0.1) is 5.92 Å². The van der Waals surface area contributed by atoms with Gasteiger partial charge in [-0.1, -0.05) is 0 Å². The van der Waals surface area contributed by atoms with E-state index in [1.165, 1.54) is 24.9 Å². The van der Waals surface area contributed by atoms with Crippen molar-refractivity contribution in [3.8, 4) is 0 Å². The Morgan fingerprint density at radius 3 is 3.06 bits per heavy atom. The Morgan fingerprint density at radius 1 is 1.31 bits per heavy atom. The van der Waals surface area contributed by atoms with Gasteiger partial charge in [0.2, 0.25) is 0 Å². The lowest BCUT2D eigenvalue weighted by atomic mass is 9.77. The molecule has 2 N–H and O–H groups in total. The number of fused-ring (bicyclic) bond motifs is 2. The number of hydrogen-bond donors (Lipinski definition) is 1. The molecule has 2 heteroatoms. The van der Waals surface area contributed by atoms with Crippen LogP contribution in [0.3, 0.4) is 0 Å². The minimum atomic E-state index is 0.785. The molecule has 4 rings (SSSR count). The summed E-state index contributed by atoms with van der Waals surface area (Å²) < 4.78 is 0. The Hall–Kier alpha value is -1.02. The monoisotopic (exact) mass is 214 g/mol. The Morgan fingerprint density at radius 2 is 2.19 bits per heavy atom. The molecule has 3 atom stereocenters. The lowest BCUT2D eigenvalue weighted by Crippen LogP contribution is -2.33. The summed E-state index contributed by atoms with van der Waals surface area (Å²) in [6.45, 7) is 2.33. The summed E-state index contributed by atoms with van der Waals surface area (Å²) in [5.41, 5.74) is 11.8. The van der Waals surface area contributed by atoms with E-state index in [0.717, 1.165) is 30.0 Å². The van der Waals surface area contributed by atoms with E-state index in [1.807, 2.05) is 0 Å². The third-order valence-corrected chi connectivity index (χ3v) is 4.61. The highest BCUT2D eigenvalue weighted by Crippen LogP contribution is 2.59. The normalized spacial score (nSPS) is 35.4. The van der Waals surface area contributed by atoms with Gasteiger partial charge < -0.3 is 10.6 Å². The van der Waals surface area contributed by atoms with Crippen LogP contribution in [0.4, 0.5) is 5.69 Å². The van der Waals surface area contributed by atoms with Crippen molar-refractivity contribution in [3.05, 3.63) is 28.8 Å². The highest BCUT2D eigenvalue weighted by molar-refractivity contribution is 5.55. The molecule has 1 aromatic carbocycles. The number of hydrogen-bond acceptors (Lipinski definition) is 2. The molecule has 2 nitrogen and oxygen atoms in total. The summed E-state index contributed by atoms with van der Waals surface area (Å²) >= 11 is 0. The van der Waals surface area contributed by atoms with Crippen molar-refractivity contribution in [1.29, 1.82) is 0 Å². The molecule has 1 saturated carbocycles. The fraction of sp³-hybridized carbons (Fsp3) is 0.571. The summed E-state index contributed by atoms with van der Waals surface area (Å²) in [7, 11) is 2.23. The van der Waals surface area contributed by atoms with Crippen LogP contribution in [-0.4, -0.2) is 18.5 Å². The van der Waals surface area contributed by atoms with Gasteiger partial charge in [0.25, 0.3) is 0 Å². The fourth-order valence-corrected chi connectivity index (χ4v) is 3.97. The van der Waals surface area contributed by atoms with Gasteiger partial charge in [-0.05, 0) is 66.5 Å². The molecular formula is C14H18N2. The Balaban J connectivity index is 1.94. The Kier molecular flexibility index (Phi) is 1.59. The zero-order chi connectivity index (χ0) is 10.9. The first-order valence-electron chi connectivity index (χ1n) is 6.33. The first kappa shape index (κ1) is 9.06. The lowest BCUT2D eigenvalue weighted by molar-refractivity contribution is 0.265. The van der Waals surface area contributed by atoms with E-state index in [0.29, 0.717) is 0 Å². The Labute approximate surface area is 96.4 Å². The topological polar surface area (TPSA) is 29.3 Å². The van der Waals surface area contributed by atoms with Gasteiger partial charge in [-0.3, -0.25) is 0 Å². The third-order valence-electron chi connectivity index (χ3n) is 4.61. The van der Waals surface area contributed by atoms with Gasteiger partial charge in [0.15, 0.2) is 0 Å². The van der Waals surface area contributed by atoms with Gasteiger partial charge in [-0.15, -0.1) is 0 Å². The lowest BCUT2D eigenvalue weighted by Gasteiger charge is -2.36. The predicted molar refractivity (Wildman–Crippen MR) is 65.4 cm³/mol. The van der Waals surface area contributed by atoms with E-state index in [2.05, 4.69) is 24.1 Å². The maximum Gasteiger partial charge on any atom is 0.0320 e. The van der Waals surface area contributed by atoms with Gasteiger partial charge in [-0.2, -0.15) is 0 Å². The largest absolute Gasteiger partial charge is 0.399 e. The molecule has 3 aliphatic rings. The minimum Gasteiger partial charge on any atom is -0.399 e. The van der Waals surface area contributed by atoms with Crippen LogP contribution in [0.25, 0.3) is 0 Å². The molecular weight excluding hydrogens is 196 g/mol. The van der Waals surface area contributed by atoms with E-state index < -0.39 is 0 Å².